The molecule has 0 saturated heterocycles. The van der Waals surface area contributed by atoms with Gasteiger partial charge in [0, 0.05) is 0 Å². The molecule has 4 heteroatoms. The van der Waals surface area contributed by atoms with Crippen LogP contribution < -0.4 is 0 Å². The molecule has 0 aromatic heterocycles. The summed E-state index contributed by atoms with van der Waals surface area (Å²) < 4.78 is 27.6. The van der Waals surface area contributed by atoms with Crippen LogP contribution in [0.3, 0.4) is 0 Å². The summed E-state index contributed by atoms with van der Waals surface area (Å²) in [5, 5.41) is 9.46. The summed E-state index contributed by atoms with van der Waals surface area (Å²) in [6.45, 7) is 0. The van der Waals surface area contributed by atoms with E-state index in [0.29, 0.717) is 18.4 Å². The lowest BCUT2D eigenvalue weighted by Crippen LogP contribution is -2.10. The van der Waals surface area contributed by atoms with Crippen LogP contribution in [0.1, 0.15) is 24.8 Å². The Morgan fingerprint density at radius 2 is 2.06 bits per heavy atom. The zero-order valence-electron chi connectivity index (χ0n) is 8.51. The standard InChI is InChI=1S/C12H11BrF2O/c13-9-4-5-10(14)11(12(9)15)7-2-1-3-8(16)6-7/h4-6,8,16H,1-3H2. The van der Waals surface area contributed by atoms with Crippen molar-refractivity contribution < 1.29 is 13.9 Å². The average Bonchev–Trinajstić information content (AvgIpc) is 2.24. The van der Waals surface area contributed by atoms with Crippen molar-refractivity contribution >= 4 is 21.5 Å². The Morgan fingerprint density at radius 3 is 2.75 bits per heavy atom. The Balaban J connectivity index is 2.51. The topological polar surface area (TPSA) is 20.2 Å². The highest BCUT2D eigenvalue weighted by Gasteiger charge is 2.20. The molecule has 1 aliphatic carbocycles. The molecule has 1 aromatic rings. The number of aliphatic hydroxyl groups is 1. The van der Waals surface area contributed by atoms with Crippen LogP contribution in [0.2, 0.25) is 0 Å². The summed E-state index contributed by atoms with van der Waals surface area (Å²) in [5.41, 5.74) is 0.531. The third kappa shape index (κ3) is 2.18. The maximum Gasteiger partial charge on any atom is 0.147 e. The number of aliphatic hydroxyl groups excluding tert-OH is 1. The molecule has 0 bridgehead atoms. The highest BCUT2D eigenvalue weighted by molar-refractivity contribution is 9.10. The second-order valence-corrected chi connectivity index (χ2v) is 4.72. The maximum atomic E-state index is 13.8. The fourth-order valence-corrected chi connectivity index (χ4v) is 2.26. The minimum atomic E-state index is -0.597. The minimum Gasteiger partial charge on any atom is -0.389 e. The maximum absolute atomic E-state index is 13.8. The highest BCUT2D eigenvalue weighted by Crippen LogP contribution is 2.33. The van der Waals surface area contributed by atoms with E-state index in [1.54, 1.807) is 0 Å². The van der Waals surface area contributed by atoms with Crippen molar-refractivity contribution in [1.29, 1.82) is 0 Å². The second kappa shape index (κ2) is 4.63. The number of hydrogen-bond donors (Lipinski definition) is 1. The molecule has 1 unspecified atom stereocenters. The fraction of sp³-hybridized carbons (Fsp3) is 0.333. The lowest BCUT2D eigenvalue weighted by atomic mass is 9.91. The van der Waals surface area contributed by atoms with Gasteiger partial charge < -0.3 is 5.11 Å². The minimum absolute atomic E-state index is 0.0203. The van der Waals surface area contributed by atoms with Gasteiger partial charge in [0.1, 0.15) is 11.6 Å². The lowest BCUT2D eigenvalue weighted by molar-refractivity contribution is 0.206. The molecular weight excluding hydrogens is 278 g/mol. The van der Waals surface area contributed by atoms with Crippen LogP contribution in [0, 0.1) is 11.6 Å². The number of allylic oxidation sites excluding steroid dienone is 1. The molecule has 16 heavy (non-hydrogen) atoms. The summed E-state index contributed by atoms with van der Waals surface area (Å²) >= 11 is 3.03. The van der Waals surface area contributed by atoms with Gasteiger partial charge in [-0.2, -0.15) is 0 Å². The fourth-order valence-electron chi connectivity index (χ4n) is 1.93. The predicted octanol–water partition coefficient (Wildman–Crippen LogP) is 3.66. The molecule has 1 atom stereocenters. The third-order valence-electron chi connectivity index (χ3n) is 2.70. The third-order valence-corrected chi connectivity index (χ3v) is 3.32. The smallest absolute Gasteiger partial charge is 0.147 e. The van der Waals surface area contributed by atoms with Crippen LogP contribution in [0.25, 0.3) is 5.57 Å². The number of benzene rings is 1. The highest BCUT2D eigenvalue weighted by atomic mass is 79.9. The van der Waals surface area contributed by atoms with Crippen LogP contribution in [0.4, 0.5) is 8.78 Å². The summed E-state index contributed by atoms with van der Waals surface area (Å²) in [6.07, 6.45) is 2.94. The molecule has 86 valence electrons. The number of rotatable bonds is 1. The van der Waals surface area contributed by atoms with Crippen molar-refractivity contribution in [2.45, 2.75) is 25.4 Å². The van der Waals surface area contributed by atoms with Crippen molar-refractivity contribution in [3.8, 4) is 0 Å². The van der Waals surface area contributed by atoms with Gasteiger partial charge in [-0.25, -0.2) is 8.78 Å². The Labute approximate surface area is 101 Å². The molecular formula is C12H11BrF2O. The average molecular weight is 289 g/mol. The molecule has 0 aliphatic heterocycles. The second-order valence-electron chi connectivity index (χ2n) is 3.87. The van der Waals surface area contributed by atoms with E-state index in [1.165, 1.54) is 18.2 Å². The molecule has 0 saturated carbocycles. The van der Waals surface area contributed by atoms with Crippen LogP contribution in [0.5, 0.6) is 0 Å². The Kier molecular flexibility index (Phi) is 3.40. The molecule has 0 radical (unpaired) electrons. The molecule has 0 fully saturated rings. The van der Waals surface area contributed by atoms with E-state index in [1.807, 2.05) is 0 Å². The quantitative estimate of drug-likeness (QED) is 0.782. The van der Waals surface area contributed by atoms with Gasteiger partial charge in [0.2, 0.25) is 0 Å². The molecule has 0 spiro atoms. The van der Waals surface area contributed by atoms with E-state index in [9.17, 15) is 13.9 Å². The van der Waals surface area contributed by atoms with Gasteiger partial charge >= 0.3 is 0 Å². The van der Waals surface area contributed by atoms with Gasteiger partial charge in [-0.1, -0.05) is 6.08 Å². The zero-order chi connectivity index (χ0) is 11.7. The predicted molar refractivity (Wildman–Crippen MR) is 61.9 cm³/mol. The van der Waals surface area contributed by atoms with Crippen molar-refractivity contribution in [2.24, 2.45) is 0 Å². The summed E-state index contributed by atoms with van der Waals surface area (Å²) in [7, 11) is 0. The van der Waals surface area contributed by atoms with Crippen LogP contribution in [-0.4, -0.2) is 11.2 Å². The van der Waals surface area contributed by atoms with Gasteiger partial charge in [-0.15, -0.1) is 0 Å². The van der Waals surface area contributed by atoms with Gasteiger partial charge in [0.05, 0.1) is 16.1 Å². The first kappa shape index (κ1) is 11.7. The van der Waals surface area contributed by atoms with Crippen molar-refractivity contribution in [3.63, 3.8) is 0 Å². The normalized spacial score (nSPS) is 20.8. The SMILES string of the molecule is OC1C=C(c2c(F)ccc(Br)c2F)CCC1. The zero-order valence-corrected chi connectivity index (χ0v) is 10.1. The van der Waals surface area contributed by atoms with Gasteiger partial charge in [-0.3, -0.25) is 0 Å². The number of halogens is 3. The molecule has 0 heterocycles. The van der Waals surface area contributed by atoms with Crippen LogP contribution >= 0.6 is 15.9 Å². The summed E-state index contributed by atoms with van der Waals surface area (Å²) in [4.78, 5) is 0. The summed E-state index contributed by atoms with van der Waals surface area (Å²) in [5.74, 6) is -1.18. The van der Waals surface area contributed by atoms with Crippen LogP contribution in [0.15, 0.2) is 22.7 Å². The van der Waals surface area contributed by atoms with E-state index < -0.39 is 17.7 Å². The van der Waals surface area contributed by atoms with Crippen molar-refractivity contribution in [2.75, 3.05) is 0 Å². The first-order valence-corrected chi connectivity index (χ1v) is 5.91. The van der Waals surface area contributed by atoms with Gasteiger partial charge in [0.15, 0.2) is 0 Å². The van der Waals surface area contributed by atoms with E-state index in [4.69, 9.17) is 0 Å². The number of hydrogen-bond acceptors (Lipinski definition) is 1. The summed E-state index contributed by atoms with van der Waals surface area (Å²) in [6, 6.07) is 2.57. The molecule has 1 N–H and O–H groups in total. The molecule has 2 rings (SSSR count). The first-order chi connectivity index (χ1) is 7.59. The monoisotopic (exact) mass is 288 g/mol. The van der Waals surface area contributed by atoms with Crippen LogP contribution in [-0.2, 0) is 0 Å². The molecule has 1 nitrogen and oxygen atoms in total. The first-order valence-electron chi connectivity index (χ1n) is 5.12. The lowest BCUT2D eigenvalue weighted by Gasteiger charge is -2.18. The molecule has 1 aromatic carbocycles. The van der Waals surface area contributed by atoms with Gasteiger partial charge in [-0.05, 0) is 52.9 Å². The van der Waals surface area contributed by atoms with Crippen molar-refractivity contribution in [3.05, 3.63) is 39.9 Å². The molecule has 1 aliphatic rings. The van der Waals surface area contributed by atoms with E-state index in [-0.39, 0.29) is 10.0 Å². The Morgan fingerprint density at radius 1 is 1.31 bits per heavy atom. The Bertz CT molecular complexity index is 443. The van der Waals surface area contributed by atoms with E-state index in [0.717, 1.165) is 6.42 Å². The Hall–Kier alpha value is -0.740. The largest absolute Gasteiger partial charge is 0.389 e. The van der Waals surface area contributed by atoms with E-state index in [2.05, 4.69) is 15.9 Å². The molecule has 0 amide bonds. The van der Waals surface area contributed by atoms with Crippen molar-refractivity contribution in [1.82, 2.24) is 0 Å². The van der Waals surface area contributed by atoms with E-state index >= 15 is 0 Å². The van der Waals surface area contributed by atoms with Gasteiger partial charge in [0.25, 0.3) is 0 Å².